The van der Waals surface area contributed by atoms with Crippen LogP contribution >= 0.6 is 22.6 Å². The molecule has 1 N–H and O–H groups in total. The van der Waals surface area contributed by atoms with Crippen LogP contribution < -0.4 is 5.32 Å². The molecule has 0 spiro atoms. The lowest BCUT2D eigenvalue weighted by Crippen LogP contribution is -2.08. The van der Waals surface area contributed by atoms with E-state index in [2.05, 4.69) is 73.8 Å². The fourth-order valence-electron chi connectivity index (χ4n) is 2.28. The number of nitrogens with zero attached hydrogens (tertiary/aromatic N) is 2. The number of aryl methyl sites for hydroxylation is 3. The number of rotatable bonds is 5. The number of nitrogens with one attached hydrogen (secondary N) is 1. The van der Waals surface area contributed by atoms with Crippen molar-refractivity contribution < 1.29 is 0 Å². The topological polar surface area (TPSA) is 37.8 Å². The van der Waals surface area contributed by atoms with Crippen LogP contribution in [0.25, 0.3) is 11.4 Å². The summed E-state index contributed by atoms with van der Waals surface area (Å²) >= 11 is 2.35. The van der Waals surface area contributed by atoms with Gasteiger partial charge in [-0.15, -0.1) is 0 Å². The lowest BCUT2D eigenvalue weighted by Gasteiger charge is -2.13. The smallest absolute Gasteiger partial charge is 0.162 e. The van der Waals surface area contributed by atoms with Crippen LogP contribution in [0.4, 0.5) is 5.82 Å². The third-order valence-electron chi connectivity index (χ3n) is 3.38. The molecule has 0 aliphatic rings. The Bertz CT molecular complexity index is 611. The summed E-state index contributed by atoms with van der Waals surface area (Å²) in [5.41, 5.74) is 4.72. The van der Waals surface area contributed by atoms with Crippen LogP contribution in [0.15, 0.2) is 18.2 Å². The Labute approximate surface area is 140 Å². The molecule has 0 aliphatic heterocycles. The molecule has 1 aromatic heterocycles. The van der Waals surface area contributed by atoms with Gasteiger partial charge in [-0.25, -0.2) is 9.97 Å². The van der Waals surface area contributed by atoms with Crippen molar-refractivity contribution in [3.05, 3.63) is 38.6 Å². The van der Waals surface area contributed by atoms with Crippen LogP contribution in [0.5, 0.6) is 0 Å². The van der Waals surface area contributed by atoms with E-state index in [1.165, 1.54) is 11.1 Å². The van der Waals surface area contributed by atoms with Gasteiger partial charge in [0.05, 0.1) is 9.26 Å². The molecule has 0 amide bonds. The lowest BCUT2D eigenvalue weighted by molar-refractivity contribution is 0.866. The van der Waals surface area contributed by atoms with Crippen LogP contribution in [-0.4, -0.2) is 16.5 Å². The second-order valence-corrected chi connectivity index (χ2v) is 6.33. The first-order valence-corrected chi connectivity index (χ1v) is 8.52. The van der Waals surface area contributed by atoms with E-state index in [4.69, 9.17) is 9.97 Å². The number of benzene rings is 1. The molecule has 1 aromatic carbocycles. The van der Waals surface area contributed by atoms with Crippen LogP contribution in [-0.2, 0) is 6.42 Å². The van der Waals surface area contributed by atoms with Crippen molar-refractivity contribution >= 4 is 28.4 Å². The fraction of sp³-hybridized carbons (Fsp3) is 0.412. The Hall–Kier alpha value is -1.17. The van der Waals surface area contributed by atoms with E-state index >= 15 is 0 Å². The van der Waals surface area contributed by atoms with Gasteiger partial charge in [-0.1, -0.05) is 31.0 Å². The molecule has 3 nitrogen and oxygen atoms in total. The monoisotopic (exact) mass is 395 g/mol. The first-order chi connectivity index (χ1) is 10.1. The predicted molar refractivity (Wildman–Crippen MR) is 97.8 cm³/mol. The zero-order valence-electron chi connectivity index (χ0n) is 13.1. The lowest BCUT2D eigenvalue weighted by atomic mass is 10.0. The maximum Gasteiger partial charge on any atom is 0.162 e. The Balaban J connectivity index is 2.59. The molecule has 112 valence electrons. The van der Waals surface area contributed by atoms with Gasteiger partial charge in [-0.3, -0.25) is 0 Å². The minimum atomic E-state index is 0.830. The van der Waals surface area contributed by atoms with E-state index in [9.17, 15) is 0 Å². The Kier molecular flexibility index (Phi) is 5.56. The van der Waals surface area contributed by atoms with Crippen molar-refractivity contribution in [2.24, 2.45) is 0 Å². The largest absolute Gasteiger partial charge is 0.369 e. The average Bonchev–Trinajstić information content (AvgIpc) is 2.46. The van der Waals surface area contributed by atoms with Crippen LogP contribution in [0.3, 0.4) is 0 Å². The minimum Gasteiger partial charge on any atom is -0.369 e. The third kappa shape index (κ3) is 3.73. The van der Waals surface area contributed by atoms with Gasteiger partial charge in [-0.2, -0.15) is 0 Å². The maximum absolute atomic E-state index is 4.82. The molecule has 0 fully saturated rings. The first kappa shape index (κ1) is 16.2. The molecule has 0 bridgehead atoms. The Morgan fingerprint density at radius 2 is 1.90 bits per heavy atom. The summed E-state index contributed by atoms with van der Waals surface area (Å²) in [5, 5.41) is 3.36. The summed E-state index contributed by atoms with van der Waals surface area (Å²) in [7, 11) is 0. The van der Waals surface area contributed by atoms with E-state index in [0.717, 1.165) is 45.9 Å². The van der Waals surface area contributed by atoms with Gasteiger partial charge in [0.15, 0.2) is 5.82 Å². The summed E-state index contributed by atoms with van der Waals surface area (Å²) in [6.45, 7) is 9.36. The molecule has 21 heavy (non-hydrogen) atoms. The molecular weight excluding hydrogens is 373 g/mol. The Morgan fingerprint density at radius 3 is 2.57 bits per heavy atom. The highest BCUT2D eigenvalue weighted by Gasteiger charge is 2.14. The normalized spacial score (nSPS) is 10.7. The summed E-state index contributed by atoms with van der Waals surface area (Å²) in [4.78, 5) is 9.57. The second kappa shape index (κ2) is 7.20. The van der Waals surface area contributed by atoms with Crippen molar-refractivity contribution in [2.75, 3.05) is 11.9 Å². The number of anilines is 1. The van der Waals surface area contributed by atoms with E-state index in [1.54, 1.807) is 0 Å². The molecule has 0 saturated heterocycles. The molecule has 0 unspecified atom stereocenters. The quantitative estimate of drug-likeness (QED) is 0.743. The highest BCUT2D eigenvalue weighted by atomic mass is 127. The fourth-order valence-corrected chi connectivity index (χ4v) is 2.98. The zero-order chi connectivity index (χ0) is 15.4. The van der Waals surface area contributed by atoms with Crippen molar-refractivity contribution in [3.63, 3.8) is 0 Å². The SMILES string of the molecule is CCCc1nc(-c2cc(C)ccc2C)nc(NCC)c1I. The van der Waals surface area contributed by atoms with Gasteiger partial charge >= 0.3 is 0 Å². The third-order valence-corrected chi connectivity index (χ3v) is 4.52. The van der Waals surface area contributed by atoms with Gasteiger partial charge in [0.2, 0.25) is 0 Å². The molecule has 1 heterocycles. The van der Waals surface area contributed by atoms with E-state index in [-0.39, 0.29) is 0 Å². The van der Waals surface area contributed by atoms with E-state index < -0.39 is 0 Å². The molecule has 2 aromatic rings. The summed E-state index contributed by atoms with van der Waals surface area (Å²) in [5.74, 6) is 1.78. The standard InChI is InChI=1S/C17H22IN3/c1-5-7-14-15(18)17(19-6-2)21-16(20-14)13-10-11(3)8-9-12(13)4/h8-10H,5-7H2,1-4H3,(H,19,20,21). The molecule has 4 heteroatoms. The van der Waals surface area contributed by atoms with Crippen LogP contribution in [0.1, 0.15) is 37.1 Å². The Morgan fingerprint density at radius 1 is 1.14 bits per heavy atom. The number of hydrogen-bond donors (Lipinski definition) is 1. The summed E-state index contributed by atoms with van der Waals surface area (Å²) < 4.78 is 1.14. The van der Waals surface area contributed by atoms with Gasteiger partial charge in [0.1, 0.15) is 5.82 Å². The number of halogens is 1. The van der Waals surface area contributed by atoms with Gasteiger partial charge in [-0.05, 0) is 61.4 Å². The second-order valence-electron chi connectivity index (χ2n) is 5.26. The maximum atomic E-state index is 4.82. The molecule has 2 rings (SSSR count). The van der Waals surface area contributed by atoms with Crippen LogP contribution in [0, 0.1) is 17.4 Å². The van der Waals surface area contributed by atoms with Gasteiger partial charge in [0.25, 0.3) is 0 Å². The highest BCUT2D eigenvalue weighted by molar-refractivity contribution is 14.1. The molecule has 0 radical (unpaired) electrons. The van der Waals surface area contributed by atoms with Crippen molar-refractivity contribution in [1.29, 1.82) is 0 Å². The molecule has 0 aliphatic carbocycles. The molecule has 0 saturated carbocycles. The molecular formula is C17H22IN3. The average molecular weight is 395 g/mol. The number of aromatic nitrogens is 2. The highest BCUT2D eigenvalue weighted by Crippen LogP contribution is 2.27. The van der Waals surface area contributed by atoms with Gasteiger partial charge < -0.3 is 5.32 Å². The van der Waals surface area contributed by atoms with Crippen LogP contribution in [0.2, 0.25) is 0 Å². The number of hydrogen-bond acceptors (Lipinski definition) is 3. The minimum absolute atomic E-state index is 0.830. The van der Waals surface area contributed by atoms with Crippen molar-refractivity contribution in [1.82, 2.24) is 9.97 Å². The van der Waals surface area contributed by atoms with Crippen molar-refractivity contribution in [3.8, 4) is 11.4 Å². The summed E-state index contributed by atoms with van der Waals surface area (Å²) in [6.07, 6.45) is 2.07. The molecule has 0 atom stereocenters. The zero-order valence-corrected chi connectivity index (χ0v) is 15.3. The predicted octanol–water partition coefficient (Wildman–Crippen LogP) is 4.75. The summed E-state index contributed by atoms with van der Waals surface area (Å²) in [6, 6.07) is 6.44. The first-order valence-electron chi connectivity index (χ1n) is 7.44. The van der Waals surface area contributed by atoms with Gasteiger partial charge in [0, 0.05) is 12.1 Å². The van der Waals surface area contributed by atoms with Crippen molar-refractivity contribution in [2.45, 2.75) is 40.5 Å². The van der Waals surface area contributed by atoms with E-state index in [0.29, 0.717) is 0 Å². The van der Waals surface area contributed by atoms with E-state index in [1.807, 2.05) is 0 Å².